The second-order valence-corrected chi connectivity index (χ2v) is 10.9. The van der Waals surface area contributed by atoms with E-state index < -0.39 is 7.92 Å². The molecule has 0 aromatic heterocycles. The van der Waals surface area contributed by atoms with E-state index in [1.54, 1.807) is 0 Å². The summed E-state index contributed by atoms with van der Waals surface area (Å²) >= 11 is 0. The highest BCUT2D eigenvalue weighted by Crippen LogP contribution is 2.52. The fourth-order valence-corrected chi connectivity index (χ4v) is 6.55. The van der Waals surface area contributed by atoms with Crippen LogP contribution in [0.1, 0.15) is 18.9 Å². The van der Waals surface area contributed by atoms with Crippen LogP contribution >= 0.6 is 7.92 Å². The molecule has 4 heteroatoms. The van der Waals surface area contributed by atoms with Crippen molar-refractivity contribution in [3.05, 3.63) is 144 Å². The Bertz CT molecular complexity index is 1430. The van der Waals surface area contributed by atoms with Gasteiger partial charge in [-0.1, -0.05) is 116 Å². The molecule has 0 heterocycles. The highest BCUT2D eigenvalue weighted by molar-refractivity contribution is 7.85. The second-order valence-electron chi connectivity index (χ2n) is 8.79. The summed E-state index contributed by atoms with van der Waals surface area (Å²) in [5.41, 5.74) is 2.59. The third kappa shape index (κ3) is 6.39. The fraction of sp³-hybridized carbons (Fsp3) is 0.0909. The predicted molar refractivity (Wildman–Crippen MR) is 158 cm³/mol. The van der Waals surface area contributed by atoms with Crippen LogP contribution in [0, 0.1) is 5.92 Å². The molecule has 3 nitrogen and oxygen atoms in total. The van der Waals surface area contributed by atoms with Gasteiger partial charge in [0.2, 0.25) is 0 Å². The van der Waals surface area contributed by atoms with Gasteiger partial charge in [-0.05, 0) is 52.8 Å². The van der Waals surface area contributed by atoms with Crippen molar-refractivity contribution in [2.75, 3.05) is 0 Å². The maximum atomic E-state index is 6.25. The number of aliphatic imine (C=N–C) groups is 2. The summed E-state index contributed by atoms with van der Waals surface area (Å²) in [7, 11) is -0.962. The minimum absolute atomic E-state index is 0.407. The first kappa shape index (κ1) is 24.6. The lowest BCUT2D eigenvalue weighted by molar-refractivity contribution is 0.484. The van der Waals surface area contributed by atoms with Crippen LogP contribution in [0.25, 0.3) is 0 Å². The smallest absolute Gasteiger partial charge is 0.160 e. The summed E-state index contributed by atoms with van der Waals surface area (Å²) in [5.74, 6) is 1.89. The molecule has 37 heavy (non-hydrogen) atoms. The van der Waals surface area contributed by atoms with Crippen LogP contribution in [0.4, 0.5) is 5.69 Å². The normalized spacial score (nSPS) is 16.4. The van der Waals surface area contributed by atoms with E-state index in [9.17, 15) is 0 Å². The zero-order valence-electron chi connectivity index (χ0n) is 20.8. The predicted octanol–water partition coefficient (Wildman–Crippen LogP) is 8.87. The van der Waals surface area contributed by atoms with Crippen LogP contribution in [-0.4, -0.2) is 11.8 Å². The second kappa shape index (κ2) is 12.3. The van der Waals surface area contributed by atoms with Gasteiger partial charge < -0.3 is 4.74 Å². The summed E-state index contributed by atoms with van der Waals surface area (Å²) in [5, 5.41) is 2.60. The molecule has 4 aromatic rings. The minimum Gasteiger partial charge on any atom is -0.455 e. The molecule has 4 aromatic carbocycles. The van der Waals surface area contributed by atoms with Gasteiger partial charge in [0.15, 0.2) is 11.3 Å². The summed E-state index contributed by atoms with van der Waals surface area (Å²) in [6.45, 7) is 2.29. The van der Waals surface area contributed by atoms with Crippen LogP contribution in [0.15, 0.2) is 149 Å². The number of ether oxygens (including phenoxy) is 1. The van der Waals surface area contributed by atoms with Gasteiger partial charge in [-0.15, -0.1) is 0 Å². The molecule has 0 bridgehead atoms. The van der Waals surface area contributed by atoms with Gasteiger partial charge in [-0.2, -0.15) is 0 Å². The van der Waals surface area contributed by atoms with Crippen molar-refractivity contribution < 1.29 is 4.74 Å². The Morgan fingerprint density at radius 2 is 1.46 bits per heavy atom. The first-order chi connectivity index (χ1) is 18.3. The van der Waals surface area contributed by atoms with E-state index in [0.29, 0.717) is 11.7 Å². The molecular formula is C33H29N2OP. The highest BCUT2D eigenvalue weighted by Gasteiger charge is 2.27. The lowest BCUT2D eigenvalue weighted by Crippen LogP contribution is -2.14. The third-order valence-corrected chi connectivity index (χ3v) is 8.59. The standard InChI is InChI=1S/C33H29N2OP/c1-26-15-11-14-24-32(26)37(29-20-9-4-10-21-29)33(34-25-27-16-5-2-6-17-27)35-30-22-12-13-23-31(30)36-28-18-7-3-8-19-28/h2-14,16-26H,15H2,1H3/b34-25+,35-33?. The highest BCUT2D eigenvalue weighted by atomic mass is 31.1. The van der Waals surface area contributed by atoms with Crippen molar-refractivity contribution in [2.45, 2.75) is 13.3 Å². The molecule has 0 radical (unpaired) electrons. The Labute approximate surface area is 220 Å². The lowest BCUT2D eigenvalue weighted by atomic mass is 10.0. The molecule has 182 valence electrons. The van der Waals surface area contributed by atoms with Gasteiger partial charge in [0, 0.05) is 14.1 Å². The van der Waals surface area contributed by atoms with E-state index in [-0.39, 0.29) is 0 Å². The van der Waals surface area contributed by atoms with Crippen LogP contribution < -0.4 is 10.0 Å². The zero-order chi connectivity index (χ0) is 25.3. The lowest BCUT2D eigenvalue weighted by Gasteiger charge is -2.27. The molecule has 5 rings (SSSR count). The van der Waals surface area contributed by atoms with E-state index >= 15 is 0 Å². The summed E-state index contributed by atoms with van der Waals surface area (Å²) in [6, 6.07) is 38.6. The van der Waals surface area contributed by atoms with Crippen molar-refractivity contribution in [1.82, 2.24) is 0 Å². The number of allylic oxidation sites excluding steroid dienone is 4. The quantitative estimate of drug-likeness (QED) is 0.142. The van der Waals surface area contributed by atoms with Crippen molar-refractivity contribution in [3.63, 3.8) is 0 Å². The summed E-state index contributed by atoms with van der Waals surface area (Å²) < 4.78 is 6.25. The largest absolute Gasteiger partial charge is 0.455 e. The van der Waals surface area contributed by atoms with Crippen LogP contribution in [0.5, 0.6) is 11.5 Å². The van der Waals surface area contributed by atoms with Crippen LogP contribution in [0.2, 0.25) is 0 Å². The molecular weight excluding hydrogens is 471 g/mol. The Morgan fingerprint density at radius 1 is 0.811 bits per heavy atom. The van der Waals surface area contributed by atoms with Gasteiger partial charge in [0.05, 0.1) is 0 Å². The molecule has 0 saturated heterocycles. The van der Waals surface area contributed by atoms with E-state index in [4.69, 9.17) is 14.7 Å². The third-order valence-electron chi connectivity index (χ3n) is 6.06. The SMILES string of the molecule is CC1CC=CC=C1P(C(=Nc1ccccc1Oc1ccccc1)/N=C/c1ccccc1)c1ccccc1. The van der Waals surface area contributed by atoms with E-state index in [1.165, 1.54) is 10.6 Å². The molecule has 0 spiro atoms. The first-order valence-electron chi connectivity index (χ1n) is 12.5. The molecule has 0 amide bonds. The van der Waals surface area contributed by atoms with Crippen molar-refractivity contribution >= 4 is 30.7 Å². The number of hydrogen-bond acceptors (Lipinski definition) is 2. The molecule has 0 aliphatic heterocycles. The summed E-state index contributed by atoms with van der Waals surface area (Å²) in [6.07, 6.45) is 9.59. The number of rotatable bonds is 7. The number of nitrogens with zero attached hydrogens (tertiary/aromatic N) is 2. The summed E-state index contributed by atoms with van der Waals surface area (Å²) in [4.78, 5) is 10.3. The van der Waals surface area contributed by atoms with E-state index in [2.05, 4.69) is 67.6 Å². The van der Waals surface area contributed by atoms with Gasteiger partial charge >= 0.3 is 0 Å². The monoisotopic (exact) mass is 500 g/mol. The van der Waals surface area contributed by atoms with Gasteiger partial charge in [0.25, 0.3) is 0 Å². The maximum absolute atomic E-state index is 6.25. The number of hydrogen-bond donors (Lipinski definition) is 0. The average Bonchev–Trinajstić information content (AvgIpc) is 2.95. The molecule has 0 fully saturated rings. The number of para-hydroxylation sites is 3. The fourth-order valence-electron chi connectivity index (χ4n) is 4.15. The molecule has 2 unspecified atom stereocenters. The van der Waals surface area contributed by atoms with Crippen molar-refractivity contribution in [3.8, 4) is 11.5 Å². The first-order valence-corrected chi connectivity index (χ1v) is 13.8. The van der Waals surface area contributed by atoms with Crippen molar-refractivity contribution in [1.29, 1.82) is 0 Å². The Hall–Kier alpha value is -4.07. The van der Waals surface area contributed by atoms with Gasteiger partial charge in [-0.25, -0.2) is 9.98 Å². The van der Waals surface area contributed by atoms with Crippen LogP contribution in [-0.2, 0) is 0 Å². The topological polar surface area (TPSA) is 34.0 Å². The Kier molecular flexibility index (Phi) is 8.15. The molecule has 2 atom stereocenters. The van der Waals surface area contributed by atoms with E-state index in [1.807, 2.05) is 79.0 Å². The van der Waals surface area contributed by atoms with Gasteiger partial charge in [-0.3, -0.25) is 0 Å². The average molecular weight is 501 g/mol. The molecule has 1 aliphatic carbocycles. The Morgan fingerprint density at radius 3 is 2.19 bits per heavy atom. The maximum Gasteiger partial charge on any atom is 0.160 e. The molecule has 0 N–H and O–H groups in total. The number of amidine groups is 1. The molecule has 0 saturated carbocycles. The minimum atomic E-state index is -0.962. The number of benzene rings is 4. The molecule has 1 aliphatic rings. The van der Waals surface area contributed by atoms with E-state index in [0.717, 1.165) is 29.0 Å². The van der Waals surface area contributed by atoms with Gasteiger partial charge in [0.1, 0.15) is 11.4 Å². The van der Waals surface area contributed by atoms with Crippen molar-refractivity contribution in [2.24, 2.45) is 15.9 Å². The van der Waals surface area contributed by atoms with Crippen LogP contribution in [0.3, 0.4) is 0 Å². The zero-order valence-corrected chi connectivity index (χ0v) is 21.7. The Balaban J connectivity index is 1.65.